The standard InChI is InChI=1S/C19H27N7O/c1-14-5-6-18(20-13-14)25-10-7-15(8-11-25)19(27)26-9-3-2-4-16(26)12-17-21-23-24-22-17/h5-6,13,15-16H,2-4,7-12H2,1H3,(H,21,22,23,24). The lowest BCUT2D eigenvalue weighted by Crippen LogP contribution is -2.49. The minimum Gasteiger partial charge on any atom is -0.357 e. The normalized spacial score (nSPS) is 21.4. The van der Waals surface area contributed by atoms with Gasteiger partial charge in [0.2, 0.25) is 5.91 Å². The first-order chi connectivity index (χ1) is 13.2. The summed E-state index contributed by atoms with van der Waals surface area (Å²) in [6.45, 7) is 4.66. The van der Waals surface area contributed by atoms with E-state index in [2.05, 4.69) is 47.5 Å². The van der Waals surface area contributed by atoms with Crippen molar-refractivity contribution in [2.75, 3.05) is 24.5 Å². The van der Waals surface area contributed by atoms with Crippen LogP contribution < -0.4 is 4.90 Å². The van der Waals surface area contributed by atoms with Gasteiger partial charge in [0.25, 0.3) is 0 Å². The van der Waals surface area contributed by atoms with Crippen molar-refractivity contribution < 1.29 is 4.79 Å². The first-order valence-corrected chi connectivity index (χ1v) is 9.91. The van der Waals surface area contributed by atoms with Crippen LogP contribution in [0.3, 0.4) is 0 Å². The molecule has 27 heavy (non-hydrogen) atoms. The summed E-state index contributed by atoms with van der Waals surface area (Å²) in [6.07, 6.45) is 7.63. The van der Waals surface area contributed by atoms with Crippen LogP contribution in [0.5, 0.6) is 0 Å². The van der Waals surface area contributed by atoms with Gasteiger partial charge in [-0.05, 0) is 50.7 Å². The second-order valence-corrected chi connectivity index (χ2v) is 7.67. The van der Waals surface area contributed by atoms with Gasteiger partial charge in [-0.3, -0.25) is 4.79 Å². The monoisotopic (exact) mass is 369 g/mol. The zero-order valence-electron chi connectivity index (χ0n) is 15.8. The van der Waals surface area contributed by atoms with Crippen molar-refractivity contribution in [2.24, 2.45) is 5.92 Å². The van der Waals surface area contributed by atoms with Crippen LogP contribution in [0, 0.1) is 12.8 Å². The molecule has 0 aromatic carbocycles. The summed E-state index contributed by atoms with van der Waals surface area (Å²) in [5, 5.41) is 14.3. The summed E-state index contributed by atoms with van der Waals surface area (Å²) >= 11 is 0. The van der Waals surface area contributed by atoms with Crippen LogP contribution in [0.4, 0.5) is 5.82 Å². The van der Waals surface area contributed by atoms with E-state index in [4.69, 9.17) is 0 Å². The quantitative estimate of drug-likeness (QED) is 0.883. The molecule has 0 bridgehead atoms. The van der Waals surface area contributed by atoms with E-state index >= 15 is 0 Å². The average molecular weight is 369 g/mol. The number of nitrogens with zero attached hydrogens (tertiary/aromatic N) is 6. The molecule has 0 spiro atoms. The van der Waals surface area contributed by atoms with Crippen LogP contribution in [0.15, 0.2) is 18.3 Å². The van der Waals surface area contributed by atoms with E-state index < -0.39 is 0 Å². The Hall–Kier alpha value is -2.51. The number of aryl methyl sites for hydroxylation is 1. The van der Waals surface area contributed by atoms with Crippen LogP contribution in [0.25, 0.3) is 0 Å². The van der Waals surface area contributed by atoms with Crippen molar-refractivity contribution in [3.8, 4) is 0 Å². The molecule has 2 saturated heterocycles. The fourth-order valence-electron chi connectivity index (χ4n) is 4.22. The molecule has 1 atom stereocenters. The maximum Gasteiger partial charge on any atom is 0.226 e. The molecule has 1 unspecified atom stereocenters. The Labute approximate surface area is 159 Å². The van der Waals surface area contributed by atoms with Crippen molar-refractivity contribution in [1.29, 1.82) is 0 Å². The first-order valence-electron chi connectivity index (χ1n) is 9.91. The number of carbonyl (C=O) groups excluding carboxylic acids is 1. The third-order valence-corrected chi connectivity index (χ3v) is 5.78. The van der Waals surface area contributed by atoms with Gasteiger partial charge >= 0.3 is 0 Å². The summed E-state index contributed by atoms with van der Waals surface area (Å²) in [7, 11) is 0. The number of nitrogens with one attached hydrogen (secondary N) is 1. The van der Waals surface area contributed by atoms with Crippen molar-refractivity contribution >= 4 is 11.7 Å². The number of tetrazole rings is 1. The summed E-state index contributed by atoms with van der Waals surface area (Å²) in [5.74, 6) is 2.12. The number of H-pyrrole nitrogens is 1. The van der Waals surface area contributed by atoms with Gasteiger partial charge in [0.1, 0.15) is 5.82 Å². The number of aromatic nitrogens is 5. The molecule has 1 N–H and O–H groups in total. The Morgan fingerprint density at radius 1 is 1.19 bits per heavy atom. The number of pyridine rings is 1. The highest BCUT2D eigenvalue weighted by Gasteiger charge is 2.34. The lowest BCUT2D eigenvalue weighted by molar-refractivity contribution is -0.140. The lowest BCUT2D eigenvalue weighted by Gasteiger charge is -2.40. The molecule has 8 nitrogen and oxygen atoms in total. The molecule has 2 fully saturated rings. The third-order valence-electron chi connectivity index (χ3n) is 5.78. The Balaban J connectivity index is 1.36. The van der Waals surface area contributed by atoms with Crippen molar-refractivity contribution in [3.05, 3.63) is 29.7 Å². The van der Waals surface area contributed by atoms with Crippen molar-refractivity contribution in [3.63, 3.8) is 0 Å². The van der Waals surface area contributed by atoms with Gasteiger partial charge in [-0.25, -0.2) is 4.98 Å². The van der Waals surface area contributed by atoms with E-state index in [1.807, 2.05) is 13.1 Å². The first kappa shape index (κ1) is 17.9. The number of rotatable bonds is 4. The zero-order valence-corrected chi connectivity index (χ0v) is 15.8. The smallest absolute Gasteiger partial charge is 0.226 e. The topological polar surface area (TPSA) is 90.9 Å². The number of likely N-dealkylation sites (tertiary alicyclic amines) is 1. The Bertz CT molecular complexity index is 738. The summed E-state index contributed by atoms with van der Waals surface area (Å²) in [4.78, 5) is 22.1. The fraction of sp³-hybridized carbons (Fsp3) is 0.632. The van der Waals surface area contributed by atoms with Gasteiger partial charge in [-0.15, -0.1) is 10.2 Å². The highest BCUT2D eigenvalue weighted by Crippen LogP contribution is 2.27. The molecule has 1 amide bonds. The number of hydrogen-bond acceptors (Lipinski definition) is 6. The number of anilines is 1. The van der Waals surface area contributed by atoms with E-state index in [1.165, 1.54) is 5.56 Å². The van der Waals surface area contributed by atoms with Crippen LogP contribution in [-0.2, 0) is 11.2 Å². The fourth-order valence-corrected chi connectivity index (χ4v) is 4.22. The summed E-state index contributed by atoms with van der Waals surface area (Å²) in [6, 6.07) is 4.36. The molecular formula is C19H27N7O. The molecular weight excluding hydrogens is 342 g/mol. The molecule has 0 aliphatic carbocycles. The Morgan fingerprint density at radius 2 is 2.04 bits per heavy atom. The zero-order chi connectivity index (χ0) is 18.6. The molecule has 8 heteroatoms. The van der Waals surface area contributed by atoms with E-state index in [1.54, 1.807) is 0 Å². The molecule has 0 saturated carbocycles. The Morgan fingerprint density at radius 3 is 2.74 bits per heavy atom. The average Bonchev–Trinajstić information content (AvgIpc) is 3.22. The van der Waals surface area contributed by atoms with E-state index in [-0.39, 0.29) is 12.0 Å². The van der Waals surface area contributed by atoms with Gasteiger partial charge in [0.05, 0.1) is 0 Å². The number of piperidine rings is 2. The predicted octanol–water partition coefficient (Wildman–Crippen LogP) is 1.74. The summed E-state index contributed by atoms with van der Waals surface area (Å²) in [5.41, 5.74) is 1.17. The van der Waals surface area contributed by atoms with Crippen LogP contribution in [-0.4, -0.2) is 62.1 Å². The largest absolute Gasteiger partial charge is 0.357 e. The number of hydrogen-bond donors (Lipinski definition) is 1. The van der Waals surface area contributed by atoms with Crippen LogP contribution >= 0.6 is 0 Å². The highest BCUT2D eigenvalue weighted by atomic mass is 16.2. The van der Waals surface area contributed by atoms with Gasteiger partial charge < -0.3 is 9.80 Å². The van der Waals surface area contributed by atoms with Crippen LogP contribution in [0.1, 0.15) is 43.5 Å². The molecule has 4 heterocycles. The molecule has 144 valence electrons. The maximum atomic E-state index is 13.2. The van der Waals surface area contributed by atoms with E-state index in [0.717, 1.165) is 57.6 Å². The number of carbonyl (C=O) groups is 1. The number of amides is 1. The number of aromatic amines is 1. The highest BCUT2D eigenvalue weighted by molar-refractivity contribution is 5.79. The van der Waals surface area contributed by atoms with Gasteiger partial charge in [0.15, 0.2) is 5.82 Å². The van der Waals surface area contributed by atoms with E-state index in [0.29, 0.717) is 18.2 Å². The molecule has 2 aliphatic rings. The van der Waals surface area contributed by atoms with Crippen molar-refractivity contribution in [2.45, 2.75) is 51.5 Å². The second-order valence-electron chi connectivity index (χ2n) is 7.67. The lowest BCUT2D eigenvalue weighted by atomic mass is 9.91. The molecule has 0 radical (unpaired) electrons. The maximum absolute atomic E-state index is 13.2. The second kappa shape index (κ2) is 8.02. The SMILES string of the molecule is Cc1ccc(N2CCC(C(=O)N3CCCCC3Cc3nn[nH]n3)CC2)nc1. The Kier molecular flexibility index (Phi) is 5.31. The minimum absolute atomic E-state index is 0.109. The van der Waals surface area contributed by atoms with Gasteiger partial charge in [0, 0.05) is 44.2 Å². The van der Waals surface area contributed by atoms with Crippen LogP contribution in [0.2, 0.25) is 0 Å². The van der Waals surface area contributed by atoms with Gasteiger partial charge in [-0.1, -0.05) is 11.3 Å². The molecule has 2 aromatic heterocycles. The van der Waals surface area contributed by atoms with Crippen molar-refractivity contribution in [1.82, 2.24) is 30.5 Å². The molecule has 2 aromatic rings. The molecule has 4 rings (SSSR count). The van der Waals surface area contributed by atoms with E-state index in [9.17, 15) is 4.79 Å². The molecule has 2 aliphatic heterocycles. The predicted molar refractivity (Wildman–Crippen MR) is 101 cm³/mol. The summed E-state index contributed by atoms with van der Waals surface area (Å²) < 4.78 is 0. The minimum atomic E-state index is 0.109. The van der Waals surface area contributed by atoms with Gasteiger partial charge in [-0.2, -0.15) is 5.21 Å². The third kappa shape index (κ3) is 4.09.